The van der Waals surface area contributed by atoms with Crippen LogP contribution in [0.1, 0.15) is 23.2 Å². The quantitative estimate of drug-likeness (QED) is 0.662. The van der Waals surface area contributed by atoms with Crippen molar-refractivity contribution in [2.45, 2.75) is 37.7 Å². The standard InChI is InChI=1S/C19H21N3O4S.C2HF3O2/c1-13-7-8-15(10-20-13)21-18(23)17-9-19(12-26-17)16-6-4-3-5-14(16)11-22(19)27(2,24)25;3-2(4,5)1(6)7/h3-8,10,17H,9,11-12H2,1-2H3,(H,21,23);(H,6,7). The molecule has 0 bridgehead atoms. The maximum atomic E-state index is 12.7. The Bertz CT molecular complexity index is 1190. The lowest BCUT2D eigenvalue weighted by atomic mass is 9.88. The molecule has 9 nitrogen and oxygen atoms in total. The first-order valence-corrected chi connectivity index (χ1v) is 11.8. The van der Waals surface area contributed by atoms with Gasteiger partial charge in [-0.3, -0.25) is 9.78 Å². The molecule has 2 aliphatic heterocycles. The number of pyridine rings is 1. The summed E-state index contributed by atoms with van der Waals surface area (Å²) < 4.78 is 63.8. The molecule has 1 spiro atoms. The molecule has 2 N–H and O–H groups in total. The number of alkyl halides is 3. The van der Waals surface area contributed by atoms with Crippen LogP contribution < -0.4 is 5.32 Å². The third-order valence-corrected chi connectivity index (χ3v) is 6.75. The number of carbonyl (C=O) groups excluding carboxylic acids is 1. The number of halogens is 3. The van der Waals surface area contributed by atoms with E-state index in [0.29, 0.717) is 12.2 Å². The van der Waals surface area contributed by atoms with Gasteiger partial charge in [0.1, 0.15) is 6.10 Å². The summed E-state index contributed by atoms with van der Waals surface area (Å²) in [4.78, 5) is 25.7. The zero-order valence-corrected chi connectivity index (χ0v) is 19.0. The van der Waals surface area contributed by atoms with Gasteiger partial charge in [-0.15, -0.1) is 0 Å². The fourth-order valence-corrected chi connectivity index (χ4v) is 5.18. The third-order valence-electron chi connectivity index (χ3n) is 5.47. The van der Waals surface area contributed by atoms with Crippen molar-refractivity contribution >= 4 is 27.6 Å². The van der Waals surface area contributed by atoms with E-state index < -0.39 is 33.8 Å². The van der Waals surface area contributed by atoms with Gasteiger partial charge in [0.2, 0.25) is 10.0 Å². The van der Waals surface area contributed by atoms with Crippen molar-refractivity contribution in [1.82, 2.24) is 9.29 Å². The number of nitrogens with zero attached hydrogens (tertiary/aromatic N) is 2. The lowest BCUT2D eigenvalue weighted by Crippen LogP contribution is -2.45. The molecule has 2 aliphatic rings. The Hall–Kier alpha value is -3.03. The molecule has 2 aromatic rings. The summed E-state index contributed by atoms with van der Waals surface area (Å²) in [7, 11) is -3.46. The SMILES string of the molecule is Cc1ccc(NC(=O)C2CC3(CO2)c2ccccc2CN3S(C)(=O)=O)cn1.O=C(O)C(F)(F)F. The maximum Gasteiger partial charge on any atom is 0.490 e. The number of aliphatic carboxylic acids is 1. The molecule has 34 heavy (non-hydrogen) atoms. The van der Waals surface area contributed by atoms with Crippen molar-refractivity contribution in [3.63, 3.8) is 0 Å². The average Bonchev–Trinajstić information content (AvgIpc) is 3.33. The molecule has 184 valence electrons. The second kappa shape index (κ2) is 9.31. The highest BCUT2D eigenvalue weighted by Crippen LogP contribution is 2.48. The van der Waals surface area contributed by atoms with Gasteiger partial charge in [0, 0.05) is 18.7 Å². The number of carboxylic acids is 1. The minimum atomic E-state index is -5.08. The molecule has 4 rings (SSSR count). The normalized spacial score (nSPS) is 22.1. The topological polar surface area (TPSA) is 126 Å². The van der Waals surface area contributed by atoms with E-state index in [9.17, 15) is 26.4 Å². The van der Waals surface area contributed by atoms with E-state index >= 15 is 0 Å². The number of rotatable bonds is 3. The van der Waals surface area contributed by atoms with Gasteiger partial charge in [0.15, 0.2) is 0 Å². The molecule has 0 saturated carbocycles. The number of carboxylic acid groups (broad SMARTS) is 1. The Kier molecular flexibility index (Phi) is 7.01. The summed E-state index contributed by atoms with van der Waals surface area (Å²) in [5.74, 6) is -3.05. The van der Waals surface area contributed by atoms with E-state index in [-0.39, 0.29) is 18.9 Å². The Morgan fingerprint density at radius 1 is 1.24 bits per heavy atom. The van der Waals surface area contributed by atoms with Gasteiger partial charge < -0.3 is 15.2 Å². The first-order valence-electron chi connectivity index (χ1n) is 9.95. The number of aryl methyl sites for hydroxylation is 1. The van der Waals surface area contributed by atoms with Crippen LogP contribution in [0.15, 0.2) is 42.6 Å². The molecule has 3 heterocycles. The minimum Gasteiger partial charge on any atom is -0.475 e. The highest BCUT2D eigenvalue weighted by atomic mass is 32.2. The molecule has 1 amide bonds. The third kappa shape index (κ3) is 5.37. The summed E-state index contributed by atoms with van der Waals surface area (Å²) in [5, 5.41) is 9.93. The Morgan fingerprint density at radius 3 is 2.44 bits per heavy atom. The molecule has 2 unspecified atom stereocenters. The van der Waals surface area contributed by atoms with Crippen LogP contribution in [0, 0.1) is 6.92 Å². The predicted octanol–water partition coefficient (Wildman–Crippen LogP) is 2.42. The van der Waals surface area contributed by atoms with E-state index in [1.54, 1.807) is 12.3 Å². The number of carbonyl (C=O) groups is 2. The van der Waals surface area contributed by atoms with Gasteiger partial charge in [-0.25, -0.2) is 13.2 Å². The number of nitrogens with one attached hydrogen (secondary N) is 1. The van der Waals surface area contributed by atoms with Crippen molar-refractivity contribution in [3.8, 4) is 0 Å². The van der Waals surface area contributed by atoms with Gasteiger partial charge in [-0.2, -0.15) is 17.5 Å². The zero-order valence-electron chi connectivity index (χ0n) is 18.2. The second-order valence-electron chi connectivity index (χ2n) is 7.94. The molecule has 0 radical (unpaired) electrons. The number of hydrogen-bond acceptors (Lipinski definition) is 6. The van der Waals surface area contributed by atoms with Gasteiger partial charge in [0.25, 0.3) is 5.91 Å². The molecule has 1 aromatic carbocycles. The van der Waals surface area contributed by atoms with Crippen LogP contribution in [0.2, 0.25) is 0 Å². The minimum absolute atomic E-state index is 0.154. The van der Waals surface area contributed by atoms with Crippen molar-refractivity contribution in [3.05, 3.63) is 59.4 Å². The van der Waals surface area contributed by atoms with Crippen LogP contribution in [0.3, 0.4) is 0 Å². The van der Waals surface area contributed by atoms with Crippen molar-refractivity contribution in [2.75, 3.05) is 18.2 Å². The lowest BCUT2D eigenvalue weighted by molar-refractivity contribution is -0.192. The van der Waals surface area contributed by atoms with Crippen LogP contribution in [-0.2, 0) is 36.4 Å². The first kappa shape index (κ1) is 25.6. The van der Waals surface area contributed by atoms with E-state index in [2.05, 4.69) is 10.3 Å². The van der Waals surface area contributed by atoms with Crippen molar-refractivity contribution < 1.29 is 41.0 Å². The number of ether oxygens (including phenoxy) is 1. The zero-order chi connectivity index (χ0) is 25.3. The summed E-state index contributed by atoms with van der Waals surface area (Å²) in [6, 6.07) is 11.2. The monoisotopic (exact) mass is 501 g/mol. The summed E-state index contributed by atoms with van der Waals surface area (Å²) in [6.07, 6.45) is -2.75. The largest absolute Gasteiger partial charge is 0.490 e. The molecule has 1 fully saturated rings. The average molecular weight is 501 g/mol. The van der Waals surface area contributed by atoms with Crippen molar-refractivity contribution in [1.29, 1.82) is 0 Å². The highest BCUT2D eigenvalue weighted by Gasteiger charge is 2.55. The van der Waals surface area contributed by atoms with Crippen LogP contribution in [0.4, 0.5) is 18.9 Å². The number of aromatic nitrogens is 1. The Balaban J connectivity index is 0.000000406. The number of anilines is 1. The number of fused-ring (bicyclic) bond motifs is 2. The van der Waals surface area contributed by atoms with E-state index in [0.717, 1.165) is 16.8 Å². The molecular weight excluding hydrogens is 479 g/mol. The van der Waals surface area contributed by atoms with Crippen LogP contribution in [0.5, 0.6) is 0 Å². The number of hydrogen-bond donors (Lipinski definition) is 2. The summed E-state index contributed by atoms with van der Waals surface area (Å²) in [5.41, 5.74) is 2.48. The van der Waals surface area contributed by atoms with Gasteiger partial charge in [0.05, 0.1) is 30.3 Å². The van der Waals surface area contributed by atoms with E-state index in [1.165, 1.54) is 10.6 Å². The predicted molar refractivity (Wildman–Crippen MR) is 114 cm³/mol. The van der Waals surface area contributed by atoms with Gasteiger partial charge in [-0.05, 0) is 30.2 Å². The number of benzene rings is 1. The summed E-state index contributed by atoms with van der Waals surface area (Å²) in [6.45, 7) is 2.32. The highest BCUT2D eigenvalue weighted by molar-refractivity contribution is 7.88. The molecule has 2 atom stereocenters. The van der Waals surface area contributed by atoms with E-state index in [4.69, 9.17) is 14.6 Å². The van der Waals surface area contributed by atoms with Gasteiger partial charge >= 0.3 is 12.1 Å². The van der Waals surface area contributed by atoms with Crippen LogP contribution in [0.25, 0.3) is 0 Å². The smallest absolute Gasteiger partial charge is 0.475 e. The van der Waals surface area contributed by atoms with Crippen LogP contribution >= 0.6 is 0 Å². The fourth-order valence-electron chi connectivity index (χ4n) is 3.94. The van der Waals surface area contributed by atoms with Crippen molar-refractivity contribution in [2.24, 2.45) is 0 Å². The molecule has 1 saturated heterocycles. The molecular formula is C21H22F3N3O6S. The number of amides is 1. The molecule has 0 aliphatic carbocycles. The summed E-state index contributed by atoms with van der Waals surface area (Å²) >= 11 is 0. The van der Waals surface area contributed by atoms with Crippen LogP contribution in [-0.4, -0.2) is 59.8 Å². The number of sulfonamides is 1. The Morgan fingerprint density at radius 2 is 1.88 bits per heavy atom. The van der Waals surface area contributed by atoms with E-state index in [1.807, 2.05) is 37.3 Å². The maximum absolute atomic E-state index is 12.7. The second-order valence-corrected chi connectivity index (χ2v) is 9.85. The first-order chi connectivity index (χ1) is 15.7. The molecule has 1 aromatic heterocycles. The fraction of sp³-hybridized carbons (Fsp3) is 0.381. The van der Waals surface area contributed by atoms with Gasteiger partial charge in [-0.1, -0.05) is 24.3 Å². The molecule has 13 heteroatoms. The Labute approximate surface area is 193 Å². The lowest BCUT2D eigenvalue weighted by Gasteiger charge is -2.32.